The summed E-state index contributed by atoms with van der Waals surface area (Å²) in [7, 11) is 0. The van der Waals surface area contributed by atoms with Crippen LogP contribution >= 0.6 is 0 Å². The molecule has 0 saturated heterocycles. The number of H-pyrrole nitrogens is 1. The largest absolute Gasteiger partial charge is 0.492 e. The van der Waals surface area contributed by atoms with Crippen molar-refractivity contribution in [3.8, 4) is 5.75 Å². The molecule has 7 heteroatoms. The molecule has 3 aromatic rings. The molecule has 0 aliphatic carbocycles. The summed E-state index contributed by atoms with van der Waals surface area (Å²) < 4.78 is 11.0. The number of nitrogens with one attached hydrogen (secondary N) is 2. The van der Waals surface area contributed by atoms with Gasteiger partial charge in [0.25, 0.3) is 0 Å². The number of hydrogen-bond donors (Lipinski definition) is 2. The Kier molecular flexibility index (Phi) is 4.38. The molecular formula is C16H18N4O3. The highest BCUT2D eigenvalue weighted by Gasteiger charge is 2.07. The average Bonchev–Trinajstić information content (AvgIpc) is 3.03. The number of aromatic amines is 1. The van der Waals surface area contributed by atoms with Gasteiger partial charge in [0.05, 0.1) is 6.54 Å². The highest BCUT2D eigenvalue weighted by atomic mass is 16.5. The number of nitrogens with zero attached hydrogens (tertiary/aromatic N) is 2. The summed E-state index contributed by atoms with van der Waals surface area (Å²) in [5.41, 5.74) is 1.08. The first-order chi connectivity index (χ1) is 11.1. The Morgan fingerprint density at radius 1 is 1.39 bits per heavy atom. The maximum absolute atomic E-state index is 11.4. The van der Waals surface area contributed by atoms with Crippen molar-refractivity contribution in [2.24, 2.45) is 0 Å². The molecule has 0 amide bonds. The second-order valence-electron chi connectivity index (χ2n) is 5.43. The van der Waals surface area contributed by atoms with Crippen molar-refractivity contribution in [2.45, 2.75) is 26.4 Å². The average molecular weight is 314 g/mol. The lowest BCUT2D eigenvalue weighted by Crippen LogP contribution is -2.31. The van der Waals surface area contributed by atoms with E-state index in [-0.39, 0.29) is 11.7 Å². The highest BCUT2D eigenvalue weighted by molar-refractivity contribution is 5.81. The molecule has 1 aromatic carbocycles. The van der Waals surface area contributed by atoms with Gasteiger partial charge in [0.1, 0.15) is 30.1 Å². The number of aryl methyl sites for hydroxylation is 1. The first-order valence-corrected chi connectivity index (χ1v) is 7.37. The van der Waals surface area contributed by atoms with E-state index in [0.29, 0.717) is 24.5 Å². The Morgan fingerprint density at radius 2 is 2.26 bits per heavy atom. The number of ether oxygens (including phenoxy) is 1. The van der Waals surface area contributed by atoms with Crippen molar-refractivity contribution in [3.05, 3.63) is 52.4 Å². The third kappa shape index (κ3) is 3.75. The first-order valence-electron chi connectivity index (χ1n) is 7.37. The lowest BCUT2D eigenvalue weighted by Gasteiger charge is -2.14. The van der Waals surface area contributed by atoms with Gasteiger partial charge in [-0.05, 0) is 31.5 Å². The summed E-state index contributed by atoms with van der Waals surface area (Å²) in [5, 5.41) is 10.8. The summed E-state index contributed by atoms with van der Waals surface area (Å²) in [6, 6.07) is 7.12. The number of benzene rings is 1. The predicted octanol–water partition coefficient (Wildman–Crippen LogP) is 1.78. The van der Waals surface area contributed by atoms with E-state index in [2.05, 4.69) is 20.5 Å². The van der Waals surface area contributed by atoms with E-state index in [1.807, 2.05) is 26.0 Å². The van der Waals surface area contributed by atoms with Crippen LogP contribution in [0.3, 0.4) is 0 Å². The molecule has 0 spiro atoms. The van der Waals surface area contributed by atoms with Gasteiger partial charge in [0.15, 0.2) is 0 Å². The maximum atomic E-state index is 11.4. The molecule has 0 radical (unpaired) electrons. The molecule has 0 aliphatic heterocycles. The number of hydrogen-bond acceptors (Lipinski definition) is 6. The van der Waals surface area contributed by atoms with E-state index in [1.54, 1.807) is 6.07 Å². The molecule has 1 atom stereocenters. The van der Waals surface area contributed by atoms with Gasteiger partial charge in [-0.25, -0.2) is 9.78 Å². The fourth-order valence-corrected chi connectivity index (χ4v) is 2.26. The molecule has 7 nitrogen and oxygen atoms in total. The monoisotopic (exact) mass is 314 g/mol. The lowest BCUT2D eigenvalue weighted by atomic mass is 10.1. The first kappa shape index (κ1) is 15.2. The quantitative estimate of drug-likeness (QED) is 0.674. The van der Waals surface area contributed by atoms with E-state index >= 15 is 0 Å². The summed E-state index contributed by atoms with van der Waals surface area (Å²) >= 11 is 0. The summed E-state index contributed by atoms with van der Waals surface area (Å²) in [5.74, 6) is 1.44. The van der Waals surface area contributed by atoms with Crippen molar-refractivity contribution in [1.29, 1.82) is 0 Å². The van der Waals surface area contributed by atoms with Gasteiger partial charge in [-0.2, -0.15) is 5.10 Å². The summed E-state index contributed by atoms with van der Waals surface area (Å²) in [4.78, 5) is 15.5. The van der Waals surface area contributed by atoms with E-state index < -0.39 is 0 Å². The SMILES string of the molecule is Cc1cc(=O)oc2cc(OCC(C)NCc3ncn[nH]3)ccc12. The minimum absolute atomic E-state index is 0.125. The van der Waals surface area contributed by atoms with Crippen molar-refractivity contribution in [1.82, 2.24) is 20.5 Å². The number of rotatable bonds is 6. The van der Waals surface area contributed by atoms with Crippen LogP contribution in [0.2, 0.25) is 0 Å². The molecule has 0 fully saturated rings. The second kappa shape index (κ2) is 6.62. The zero-order valence-electron chi connectivity index (χ0n) is 13.0. The zero-order valence-corrected chi connectivity index (χ0v) is 13.0. The van der Waals surface area contributed by atoms with Gasteiger partial charge in [0, 0.05) is 23.6 Å². The van der Waals surface area contributed by atoms with Gasteiger partial charge in [0.2, 0.25) is 0 Å². The Bertz CT molecular complexity index is 842. The van der Waals surface area contributed by atoms with Crippen molar-refractivity contribution >= 4 is 11.0 Å². The highest BCUT2D eigenvalue weighted by Crippen LogP contribution is 2.22. The zero-order chi connectivity index (χ0) is 16.2. The van der Waals surface area contributed by atoms with E-state index in [0.717, 1.165) is 16.8 Å². The van der Waals surface area contributed by atoms with Crippen LogP contribution in [-0.2, 0) is 6.54 Å². The lowest BCUT2D eigenvalue weighted by molar-refractivity contribution is 0.271. The van der Waals surface area contributed by atoms with E-state index in [9.17, 15) is 4.79 Å². The molecule has 2 aromatic heterocycles. The third-order valence-corrected chi connectivity index (χ3v) is 3.51. The normalized spacial score (nSPS) is 12.4. The van der Waals surface area contributed by atoms with Crippen molar-refractivity contribution < 1.29 is 9.15 Å². The minimum atomic E-state index is -0.353. The van der Waals surface area contributed by atoms with Gasteiger partial charge in [-0.3, -0.25) is 5.10 Å². The fourth-order valence-electron chi connectivity index (χ4n) is 2.26. The molecular weight excluding hydrogens is 296 g/mol. The molecule has 23 heavy (non-hydrogen) atoms. The number of aromatic nitrogens is 3. The van der Waals surface area contributed by atoms with E-state index in [4.69, 9.17) is 9.15 Å². The standard InChI is InChI=1S/C16H18N4O3/c1-10-5-16(21)23-14-6-12(3-4-13(10)14)22-8-11(2)17-7-15-18-9-19-20-15/h3-6,9,11,17H,7-8H2,1-2H3,(H,18,19,20). The molecule has 0 bridgehead atoms. The minimum Gasteiger partial charge on any atom is -0.492 e. The second-order valence-corrected chi connectivity index (χ2v) is 5.43. The molecule has 0 saturated carbocycles. The fraction of sp³-hybridized carbons (Fsp3) is 0.312. The summed E-state index contributed by atoms with van der Waals surface area (Å²) in [6.07, 6.45) is 1.48. The maximum Gasteiger partial charge on any atom is 0.336 e. The Balaban J connectivity index is 1.61. The molecule has 120 valence electrons. The Labute approximate surface area is 132 Å². The van der Waals surface area contributed by atoms with Crippen LogP contribution in [0, 0.1) is 6.92 Å². The Hall–Kier alpha value is -2.67. The topological polar surface area (TPSA) is 93.0 Å². The molecule has 2 N–H and O–H groups in total. The number of fused-ring (bicyclic) bond motifs is 1. The van der Waals surface area contributed by atoms with Gasteiger partial charge >= 0.3 is 5.63 Å². The van der Waals surface area contributed by atoms with Crippen molar-refractivity contribution in [3.63, 3.8) is 0 Å². The van der Waals surface area contributed by atoms with Crippen LogP contribution in [0.4, 0.5) is 0 Å². The van der Waals surface area contributed by atoms with Crippen LogP contribution in [0.5, 0.6) is 5.75 Å². The van der Waals surface area contributed by atoms with Crippen LogP contribution in [-0.4, -0.2) is 27.8 Å². The van der Waals surface area contributed by atoms with Crippen LogP contribution in [0.1, 0.15) is 18.3 Å². The van der Waals surface area contributed by atoms with Crippen LogP contribution in [0.15, 0.2) is 39.8 Å². The van der Waals surface area contributed by atoms with Gasteiger partial charge in [-0.1, -0.05) is 0 Å². The molecule has 0 aliphatic rings. The van der Waals surface area contributed by atoms with Crippen LogP contribution in [0.25, 0.3) is 11.0 Å². The smallest absolute Gasteiger partial charge is 0.336 e. The molecule has 3 rings (SSSR count). The molecule has 2 heterocycles. The van der Waals surface area contributed by atoms with Crippen LogP contribution < -0.4 is 15.7 Å². The Morgan fingerprint density at radius 3 is 3.04 bits per heavy atom. The predicted molar refractivity (Wildman–Crippen MR) is 85.4 cm³/mol. The van der Waals surface area contributed by atoms with E-state index in [1.165, 1.54) is 12.4 Å². The van der Waals surface area contributed by atoms with Gasteiger partial charge in [-0.15, -0.1) is 0 Å². The summed E-state index contributed by atoms with van der Waals surface area (Å²) in [6.45, 7) is 4.98. The van der Waals surface area contributed by atoms with Crippen molar-refractivity contribution in [2.75, 3.05) is 6.61 Å². The molecule has 1 unspecified atom stereocenters. The van der Waals surface area contributed by atoms with Gasteiger partial charge < -0.3 is 14.5 Å². The third-order valence-electron chi connectivity index (χ3n) is 3.51.